The van der Waals surface area contributed by atoms with Crippen molar-refractivity contribution in [3.63, 3.8) is 0 Å². The maximum atomic E-state index is 12.9. The minimum atomic E-state index is -0.512. The average Bonchev–Trinajstić information content (AvgIpc) is 3.27. The van der Waals surface area contributed by atoms with E-state index in [1.54, 1.807) is 24.8 Å². The number of aromatic nitrogens is 1. The van der Waals surface area contributed by atoms with Crippen LogP contribution in [0.3, 0.4) is 0 Å². The van der Waals surface area contributed by atoms with Crippen LogP contribution in [0.1, 0.15) is 16.7 Å². The molecule has 0 radical (unpaired) electrons. The Kier molecular flexibility index (Phi) is 5.33. The molecule has 0 fully saturated rings. The molecule has 1 N–H and O–H groups in total. The van der Waals surface area contributed by atoms with E-state index in [0.717, 1.165) is 16.9 Å². The van der Waals surface area contributed by atoms with Crippen molar-refractivity contribution >= 4 is 33.7 Å². The van der Waals surface area contributed by atoms with Crippen molar-refractivity contribution in [2.75, 3.05) is 12.4 Å². The van der Waals surface area contributed by atoms with Gasteiger partial charge in [0.05, 0.1) is 7.11 Å². The number of nitriles is 1. The molecule has 1 aliphatic rings. The normalized spacial score (nSPS) is 14.0. The Balaban J connectivity index is 1.83. The summed E-state index contributed by atoms with van der Waals surface area (Å²) in [5.74, 6) is 1.34. The maximum absolute atomic E-state index is 12.9. The van der Waals surface area contributed by atoms with E-state index < -0.39 is 5.91 Å². The third-order valence-electron chi connectivity index (χ3n) is 4.56. The van der Waals surface area contributed by atoms with Gasteiger partial charge in [0.1, 0.15) is 28.9 Å². The van der Waals surface area contributed by atoms with E-state index in [9.17, 15) is 10.1 Å². The van der Waals surface area contributed by atoms with E-state index in [0.29, 0.717) is 27.8 Å². The first-order valence-corrected chi connectivity index (χ1v) is 9.97. The monoisotopic (exact) mass is 415 g/mol. The lowest BCUT2D eigenvalue weighted by atomic mass is 9.94. The fourth-order valence-electron chi connectivity index (χ4n) is 3.08. The number of carbonyl (C=O) groups is 1. The number of benzene rings is 2. The number of methoxy groups -OCH3 is 1. The van der Waals surface area contributed by atoms with E-state index in [1.807, 2.05) is 49.4 Å². The Hall–Kier alpha value is -3.89. The summed E-state index contributed by atoms with van der Waals surface area (Å²) >= 11 is 1.29. The predicted molar refractivity (Wildman–Crippen MR) is 116 cm³/mol. The molecular weight excluding hydrogens is 398 g/mol. The van der Waals surface area contributed by atoms with Crippen molar-refractivity contribution < 1.29 is 14.3 Å². The minimum absolute atomic E-state index is 0.00800. The third-order valence-corrected chi connectivity index (χ3v) is 5.24. The van der Waals surface area contributed by atoms with Crippen LogP contribution < -0.4 is 14.8 Å². The minimum Gasteiger partial charge on any atom is -0.497 e. The molecule has 0 unspecified atom stereocenters. The highest BCUT2D eigenvalue weighted by atomic mass is 32.1. The van der Waals surface area contributed by atoms with Gasteiger partial charge < -0.3 is 9.47 Å². The summed E-state index contributed by atoms with van der Waals surface area (Å²) < 4.78 is 11.3. The van der Waals surface area contributed by atoms with Gasteiger partial charge in [-0.3, -0.25) is 10.1 Å². The van der Waals surface area contributed by atoms with E-state index in [2.05, 4.69) is 16.4 Å². The first-order chi connectivity index (χ1) is 14.6. The number of hydrogen-bond donors (Lipinski definition) is 1. The molecule has 3 aromatic rings. The number of rotatable bonds is 4. The highest BCUT2D eigenvalue weighted by molar-refractivity contribution is 7.13. The van der Waals surface area contributed by atoms with Crippen molar-refractivity contribution in [1.82, 2.24) is 4.98 Å². The Labute approximate surface area is 177 Å². The molecule has 2 aromatic carbocycles. The Bertz CT molecular complexity index is 1200. The number of nitrogens with zero attached hydrogens (tertiary/aromatic N) is 2. The molecule has 4 rings (SSSR count). The molecule has 1 amide bonds. The van der Waals surface area contributed by atoms with Crippen LogP contribution in [0.25, 0.3) is 11.3 Å². The van der Waals surface area contributed by atoms with Gasteiger partial charge >= 0.3 is 0 Å². The van der Waals surface area contributed by atoms with Crippen molar-refractivity contribution in [1.29, 1.82) is 5.26 Å². The van der Waals surface area contributed by atoms with Crippen LogP contribution in [0.5, 0.6) is 11.5 Å². The summed E-state index contributed by atoms with van der Waals surface area (Å²) in [7, 11) is 1.60. The summed E-state index contributed by atoms with van der Waals surface area (Å²) in [6.07, 6.45) is 3.32. The first-order valence-electron chi connectivity index (χ1n) is 9.09. The fourth-order valence-corrected chi connectivity index (χ4v) is 3.61. The quantitative estimate of drug-likeness (QED) is 0.488. The van der Waals surface area contributed by atoms with Gasteiger partial charge in [-0.25, -0.2) is 4.98 Å². The zero-order valence-corrected chi connectivity index (χ0v) is 17.1. The van der Waals surface area contributed by atoms with Gasteiger partial charge in [0.25, 0.3) is 5.91 Å². The average molecular weight is 415 g/mol. The molecule has 148 valence electrons. The number of fused-ring (bicyclic) bond motifs is 1. The van der Waals surface area contributed by atoms with Crippen LogP contribution in [-0.4, -0.2) is 18.0 Å². The van der Waals surface area contributed by atoms with Crippen LogP contribution in [0.4, 0.5) is 5.13 Å². The highest BCUT2D eigenvalue weighted by Crippen LogP contribution is 2.39. The molecule has 2 heterocycles. The van der Waals surface area contributed by atoms with E-state index in [4.69, 9.17) is 9.47 Å². The second kappa shape index (κ2) is 8.23. The molecule has 0 saturated carbocycles. The molecule has 0 spiro atoms. The topological polar surface area (TPSA) is 84.2 Å². The lowest BCUT2D eigenvalue weighted by Crippen LogP contribution is -2.16. The fraction of sp³-hybridized carbons (Fsp3) is 0.0870. The Morgan fingerprint density at radius 2 is 2.03 bits per heavy atom. The second-order valence-electron chi connectivity index (χ2n) is 6.53. The van der Waals surface area contributed by atoms with Gasteiger partial charge in [-0.2, -0.15) is 5.26 Å². The summed E-state index contributed by atoms with van der Waals surface area (Å²) in [4.78, 5) is 16.9. The summed E-state index contributed by atoms with van der Waals surface area (Å²) in [6.45, 7) is 1.95. The molecule has 0 atom stereocenters. The predicted octanol–water partition coefficient (Wildman–Crippen LogP) is 4.81. The zero-order valence-electron chi connectivity index (χ0n) is 16.3. The highest BCUT2D eigenvalue weighted by Gasteiger charge is 2.24. The standard InChI is InChI=1S/C23H17N3O3S/c1-14-3-8-20-18(11-14)17(19(13-24)22(27)26-23-25-9-10-30-23)12-21(29-20)15-4-6-16(28-2)7-5-15/h3-12H,1-2H3,(H,25,26,27)/b19-17+. The number of anilines is 1. The molecule has 1 aliphatic heterocycles. The van der Waals surface area contributed by atoms with Crippen molar-refractivity contribution in [3.8, 4) is 17.6 Å². The molecule has 0 bridgehead atoms. The lowest BCUT2D eigenvalue weighted by molar-refractivity contribution is -0.112. The Morgan fingerprint density at radius 1 is 1.23 bits per heavy atom. The van der Waals surface area contributed by atoms with Gasteiger partial charge in [-0.1, -0.05) is 11.6 Å². The van der Waals surface area contributed by atoms with Gasteiger partial charge in [-0.05, 0) is 49.4 Å². The van der Waals surface area contributed by atoms with Crippen LogP contribution in [0.15, 0.2) is 65.7 Å². The molecule has 30 heavy (non-hydrogen) atoms. The molecule has 6 nitrogen and oxygen atoms in total. The van der Waals surface area contributed by atoms with Gasteiger partial charge in [-0.15, -0.1) is 11.3 Å². The van der Waals surface area contributed by atoms with E-state index in [1.165, 1.54) is 11.3 Å². The largest absolute Gasteiger partial charge is 0.497 e. The van der Waals surface area contributed by atoms with E-state index in [-0.39, 0.29) is 5.57 Å². The summed E-state index contributed by atoms with van der Waals surface area (Å²) in [5.41, 5.74) is 2.98. The van der Waals surface area contributed by atoms with Crippen LogP contribution in [0, 0.1) is 18.3 Å². The number of ether oxygens (including phenoxy) is 2. The first kappa shape index (κ1) is 19.4. The number of nitrogens with one attached hydrogen (secondary N) is 1. The number of thiazole rings is 1. The number of aryl methyl sites for hydroxylation is 1. The van der Waals surface area contributed by atoms with Gasteiger partial charge in [0, 0.05) is 28.3 Å². The molecule has 7 heteroatoms. The maximum Gasteiger partial charge on any atom is 0.268 e. The molecular formula is C23H17N3O3S. The van der Waals surface area contributed by atoms with Crippen molar-refractivity contribution in [3.05, 3.63) is 82.4 Å². The van der Waals surface area contributed by atoms with Crippen molar-refractivity contribution in [2.45, 2.75) is 6.92 Å². The van der Waals surface area contributed by atoms with Crippen LogP contribution >= 0.6 is 11.3 Å². The zero-order chi connectivity index (χ0) is 21.1. The van der Waals surface area contributed by atoms with Crippen LogP contribution in [0.2, 0.25) is 0 Å². The Morgan fingerprint density at radius 3 is 2.70 bits per heavy atom. The summed E-state index contributed by atoms with van der Waals surface area (Å²) in [5, 5.41) is 14.7. The third kappa shape index (κ3) is 3.81. The number of allylic oxidation sites excluding steroid dienone is 2. The number of amides is 1. The van der Waals surface area contributed by atoms with Gasteiger partial charge in [0.2, 0.25) is 0 Å². The SMILES string of the molecule is COc1ccc(C2=C/C(=C(/C#N)C(=O)Nc3nccs3)c3cc(C)ccc3O2)cc1. The second-order valence-corrected chi connectivity index (χ2v) is 7.43. The number of hydrogen-bond acceptors (Lipinski definition) is 6. The molecule has 1 aromatic heterocycles. The molecule has 0 saturated heterocycles. The van der Waals surface area contributed by atoms with Crippen LogP contribution in [-0.2, 0) is 4.79 Å². The summed E-state index contributed by atoms with van der Waals surface area (Å²) in [6, 6.07) is 15.1. The number of carbonyl (C=O) groups excluding carboxylic acids is 1. The van der Waals surface area contributed by atoms with Gasteiger partial charge in [0.15, 0.2) is 5.13 Å². The van der Waals surface area contributed by atoms with Crippen molar-refractivity contribution in [2.24, 2.45) is 0 Å². The lowest BCUT2D eigenvalue weighted by Gasteiger charge is -2.22. The molecule has 0 aliphatic carbocycles. The smallest absolute Gasteiger partial charge is 0.268 e. The van der Waals surface area contributed by atoms with E-state index >= 15 is 0 Å².